The average Bonchev–Trinajstić information content (AvgIpc) is 3.01. The lowest BCUT2D eigenvalue weighted by molar-refractivity contribution is -0.146. The van der Waals surface area contributed by atoms with Gasteiger partial charge in [-0.05, 0) is 81.8 Å². The number of anilines is 1. The molecule has 3 atom stereocenters. The van der Waals surface area contributed by atoms with Gasteiger partial charge in [-0.25, -0.2) is 9.18 Å². The van der Waals surface area contributed by atoms with Gasteiger partial charge in [-0.15, -0.1) is 0 Å². The van der Waals surface area contributed by atoms with Crippen molar-refractivity contribution in [2.75, 3.05) is 26.0 Å². The fourth-order valence-corrected chi connectivity index (χ4v) is 6.31. The van der Waals surface area contributed by atoms with Crippen molar-refractivity contribution < 1.29 is 28.3 Å². The number of nitrogens with one attached hydrogen (secondary N) is 2. The van der Waals surface area contributed by atoms with E-state index in [1.165, 1.54) is 40.9 Å². The molecule has 0 saturated carbocycles. The molecule has 270 valence electrons. The van der Waals surface area contributed by atoms with Gasteiger partial charge in [-0.3, -0.25) is 24.5 Å². The fraction of sp³-hybridized carbons (Fsp3) is 0.583. The van der Waals surface area contributed by atoms with Crippen molar-refractivity contribution in [1.29, 1.82) is 0 Å². The molecule has 1 aliphatic heterocycles. The normalized spacial score (nSPS) is 20.7. The van der Waals surface area contributed by atoms with Crippen molar-refractivity contribution in [3.63, 3.8) is 0 Å². The Balaban J connectivity index is 2.01. The van der Waals surface area contributed by atoms with Crippen LogP contribution in [0.15, 0.2) is 45.8 Å². The molecule has 1 aromatic carbocycles. The number of amides is 4. The minimum Gasteiger partial charge on any atom is -0.444 e. The van der Waals surface area contributed by atoms with Crippen LogP contribution in [0.2, 0.25) is 0 Å². The SMILES string of the molecule is CC(C)C[C@@H]1NC(=O)[C@@H](n2cccc(NC(=O)OC(C)(C)C)c2=O)CCCCCCCN(C)C(=O)[C@H](Cc2cc(F)ccc2Br)N(C)C1=O. The van der Waals surface area contributed by atoms with Gasteiger partial charge < -0.3 is 24.4 Å². The second-order valence-corrected chi connectivity index (χ2v) is 15.0. The highest BCUT2D eigenvalue weighted by atomic mass is 79.9. The molecule has 2 N–H and O–H groups in total. The number of aromatic nitrogens is 1. The maximum absolute atomic E-state index is 14.3. The van der Waals surface area contributed by atoms with Crippen LogP contribution in [0.1, 0.15) is 91.2 Å². The number of hydrogen-bond acceptors (Lipinski definition) is 6. The summed E-state index contributed by atoms with van der Waals surface area (Å²) in [5.74, 6) is -1.75. The Morgan fingerprint density at radius 3 is 2.39 bits per heavy atom. The zero-order valence-corrected chi connectivity index (χ0v) is 31.3. The molecule has 1 aliphatic rings. The smallest absolute Gasteiger partial charge is 0.412 e. The molecule has 49 heavy (non-hydrogen) atoms. The maximum atomic E-state index is 14.3. The van der Waals surface area contributed by atoms with E-state index in [0.717, 1.165) is 25.7 Å². The van der Waals surface area contributed by atoms with Crippen molar-refractivity contribution in [2.24, 2.45) is 5.92 Å². The number of rotatable bonds is 6. The van der Waals surface area contributed by atoms with Crippen LogP contribution in [0.25, 0.3) is 0 Å². The van der Waals surface area contributed by atoms with Crippen LogP contribution >= 0.6 is 15.9 Å². The van der Waals surface area contributed by atoms with E-state index in [-0.39, 0.29) is 30.4 Å². The topological polar surface area (TPSA) is 130 Å². The highest BCUT2D eigenvalue weighted by Gasteiger charge is 2.36. The summed E-state index contributed by atoms with van der Waals surface area (Å²) in [6.45, 7) is 9.47. The summed E-state index contributed by atoms with van der Waals surface area (Å²) in [4.78, 5) is 71.4. The van der Waals surface area contributed by atoms with Crippen LogP contribution in [0.4, 0.5) is 14.9 Å². The Hall–Kier alpha value is -3.74. The minimum absolute atomic E-state index is 0.00929. The van der Waals surface area contributed by atoms with Crippen LogP contribution in [0.5, 0.6) is 0 Å². The Bertz CT molecular complexity index is 1540. The summed E-state index contributed by atoms with van der Waals surface area (Å²) in [6.07, 6.45) is 5.24. The van der Waals surface area contributed by atoms with Crippen LogP contribution in [-0.4, -0.2) is 76.5 Å². The third-order valence-electron chi connectivity index (χ3n) is 8.44. The van der Waals surface area contributed by atoms with Gasteiger partial charge in [-0.2, -0.15) is 0 Å². The maximum Gasteiger partial charge on any atom is 0.412 e. The van der Waals surface area contributed by atoms with E-state index in [1.54, 1.807) is 44.9 Å². The van der Waals surface area contributed by atoms with Crippen molar-refractivity contribution in [3.8, 4) is 0 Å². The van der Waals surface area contributed by atoms with Crippen molar-refractivity contribution in [3.05, 3.63) is 62.7 Å². The number of hydrogen-bond donors (Lipinski definition) is 2. The second kappa shape index (κ2) is 17.8. The summed E-state index contributed by atoms with van der Waals surface area (Å²) in [5.41, 5.74) is -0.871. The molecule has 1 aromatic heterocycles. The first-order chi connectivity index (χ1) is 23.0. The number of carbonyl (C=O) groups is 4. The zero-order chi connectivity index (χ0) is 36.5. The lowest BCUT2D eigenvalue weighted by Gasteiger charge is -2.34. The first-order valence-electron chi connectivity index (χ1n) is 17.0. The van der Waals surface area contributed by atoms with Crippen molar-refractivity contribution in [2.45, 2.75) is 110 Å². The van der Waals surface area contributed by atoms with Crippen molar-refractivity contribution >= 4 is 45.4 Å². The van der Waals surface area contributed by atoms with E-state index in [1.807, 2.05) is 13.8 Å². The van der Waals surface area contributed by atoms with Gasteiger partial charge in [0.2, 0.25) is 17.7 Å². The molecule has 2 aromatic rings. The average molecular weight is 749 g/mol. The van der Waals surface area contributed by atoms with Crippen LogP contribution in [0.3, 0.4) is 0 Å². The highest BCUT2D eigenvalue weighted by Crippen LogP contribution is 2.24. The van der Waals surface area contributed by atoms with E-state index in [0.29, 0.717) is 29.4 Å². The first kappa shape index (κ1) is 39.7. The molecule has 0 unspecified atom stereocenters. The van der Waals surface area contributed by atoms with E-state index >= 15 is 0 Å². The standard InChI is InChI=1S/C36H51BrFN5O6/c1-23(2)20-28-32(45)42(7)30(22-24-21-25(38)16-17-26(24)37)34(47)41(6)18-12-10-8-9-11-15-29(31(44)39-28)43-19-13-14-27(33(43)46)40-35(48)49-36(3,4)5/h13-14,16-17,19,21,23,28-30H,8-12,15,18,20,22H2,1-7H3,(H,39,44)(H,40,48)/t28-,29-,30-/m0/s1. The summed E-state index contributed by atoms with van der Waals surface area (Å²) < 4.78 is 21.5. The molecule has 0 bridgehead atoms. The largest absolute Gasteiger partial charge is 0.444 e. The van der Waals surface area contributed by atoms with Crippen LogP contribution < -0.4 is 16.2 Å². The minimum atomic E-state index is -1.01. The molecule has 0 aliphatic carbocycles. The zero-order valence-electron chi connectivity index (χ0n) is 29.7. The van der Waals surface area contributed by atoms with Gasteiger partial charge in [0.25, 0.3) is 5.56 Å². The van der Waals surface area contributed by atoms with Gasteiger partial charge >= 0.3 is 6.09 Å². The summed E-state index contributed by atoms with van der Waals surface area (Å²) in [6, 6.07) is 4.29. The fourth-order valence-electron chi connectivity index (χ4n) is 5.90. The predicted octanol–water partition coefficient (Wildman–Crippen LogP) is 6.05. The predicted molar refractivity (Wildman–Crippen MR) is 191 cm³/mol. The molecule has 1 saturated heterocycles. The highest BCUT2D eigenvalue weighted by molar-refractivity contribution is 9.10. The molecular formula is C36H51BrFN5O6. The second-order valence-electron chi connectivity index (χ2n) is 14.2. The number of carbonyl (C=O) groups excluding carboxylic acids is 4. The number of pyridine rings is 1. The van der Waals surface area contributed by atoms with E-state index in [2.05, 4.69) is 26.6 Å². The summed E-state index contributed by atoms with van der Waals surface area (Å²) >= 11 is 3.46. The molecule has 2 heterocycles. The van der Waals surface area contributed by atoms with E-state index in [4.69, 9.17) is 4.74 Å². The summed E-state index contributed by atoms with van der Waals surface area (Å²) in [7, 11) is 3.24. The molecule has 1 fully saturated rings. The lowest BCUT2D eigenvalue weighted by atomic mass is 9.98. The molecule has 3 rings (SSSR count). The van der Waals surface area contributed by atoms with E-state index in [9.17, 15) is 28.4 Å². The molecular weight excluding hydrogens is 697 g/mol. The Morgan fingerprint density at radius 2 is 1.71 bits per heavy atom. The third kappa shape index (κ3) is 11.7. The number of halogens is 2. The number of nitrogens with zero attached hydrogens (tertiary/aromatic N) is 3. The Labute approximate surface area is 297 Å². The van der Waals surface area contributed by atoms with Gasteiger partial charge in [0.15, 0.2) is 0 Å². The Morgan fingerprint density at radius 1 is 1.04 bits per heavy atom. The molecule has 13 heteroatoms. The van der Waals surface area contributed by atoms with Crippen LogP contribution in [-0.2, 0) is 25.5 Å². The lowest BCUT2D eigenvalue weighted by Crippen LogP contribution is -2.56. The van der Waals surface area contributed by atoms with Gasteiger partial charge in [-0.1, -0.05) is 55.5 Å². The molecule has 0 spiro atoms. The molecule has 11 nitrogen and oxygen atoms in total. The molecule has 4 amide bonds. The monoisotopic (exact) mass is 747 g/mol. The number of ether oxygens (including phenoxy) is 1. The summed E-state index contributed by atoms with van der Waals surface area (Å²) in [5, 5.41) is 5.41. The van der Waals surface area contributed by atoms with Gasteiger partial charge in [0.1, 0.15) is 35.2 Å². The van der Waals surface area contributed by atoms with E-state index < -0.39 is 53.0 Å². The number of benzene rings is 1. The Kier molecular flexibility index (Phi) is 14.4. The first-order valence-corrected chi connectivity index (χ1v) is 17.7. The van der Waals surface area contributed by atoms with Crippen molar-refractivity contribution in [1.82, 2.24) is 19.7 Å². The quantitative estimate of drug-likeness (QED) is 0.370. The van der Waals surface area contributed by atoms with Crippen LogP contribution in [0, 0.1) is 11.7 Å². The molecule has 0 radical (unpaired) electrons. The number of likely N-dealkylation sites (N-methyl/N-ethyl adjacent to an activating group) is 2. The third-order valence-corrected chi connectivity index (χ3v) is 9.21. The van der Waals surface area contributed by atoms with Gasteiger partial charge in [0, 0.05) is 37.7 Å². The van der Waals surface area contributed by atoms with Gasteiger partial charge in [0.05, 0.1) is 0 Å².